The molecule has 0 aromatic heterocycles. The Morgan fingerprint density at radius 3 is 2.56 bits per heavy atom. The van der Waals surface area contributed by atoms with Gasteiger partial charge in [0.05, 0.1) is 24.0 Å². The van der Waals surface area contributed by atoms with Crippen LogP contribution in [0.3, 0.4) is 0 Å². The maximum Gasteiger partial charge on any atom is 0.217 e. The molecule has 3 rings (SSSR count). The number of morpholine rings is 1. The van der Waals surface area contributed by atoms with Gasteiger partial charge in [0.1, 0.15) is 0 Å². The van der Waals surface area contributed by atoms with E-state index in [2.05, 4.69) is 18.7 Å². The molecule has 0 bridgehead atoms. The molecule has 0 spiro atoms. The predicted octanol–water partition coefficient (Wildman–Crippen LogP) is 0.272. The molecule has 0 N–H and O–H groups in total. The summed E-state index contributed by atoms with van der Waals surface area (Å²) in [5, 5.41) is -0.106. The maximum atomic E-state index is 12.3. The van der Waals surface area contributed by atoms with Crippen molar-refractivity contribution in [2.24, 2.45) is 0 Å². The second kappa shape index (κ2) is 4.44. The van der Waals surface area contributed by atoms with Crippen LogP contribution in [0.1, 0.15) is 26.7 Å². The van der Waals surface area contributed by atoms with E-state index >= 15 is 0 Å². The van der Waals surface area contributed by atoms with E-state index in [0.717, 1.165) is 26.0 Å². The van der Waals surface area contributed by atoms with Crippen LogP contribution in [0.2, 0.25) is 0 Å². The average molecular weight is 274 g/mol. The van der Waals surface area contributed by atoms with E-state index in [9.17, 15) is 8.42 Å². The Balaban J connectivity index is 1.76. The molecule has 1 aliphatic carbocycles. The van der Waals surface area contributed by atoms with Crippen molar-refractivity contribution < 1.29 is 13.2 Å². The van der Waals surface area contributed by atoms with E-state index in [4.69, 9.17) is 4.74 Å². The molecule has 0 radical (unpaired) electrons. The first-order valence-corrected chi connectivity index (χ1v) is 8.37. The summed E-state index contributed by atoms with van der Waals surface area (Å²) in [5.74, 6) is 0. The molecule has 3 aliphatic rings. The van der Waals surface area contributed by atoms with E-state index in [1.165, 1.54) is 0 Å². The van der Waals surface area contributed by atoms with Gasteiger partial charge in [0.15, 0.2) is 0 Å². The molecule has 0 aromatic rings. The number of hydrogen-bond donors (Lipinski definition) is 0. The van der Waals surface area contributed by atoms with Gasteiger partial charge in [-0.15, -0.1) is 0 Å². The number of nitrogens with zero attached hydrogens (tertiary/aromatic N) is 2. The highest BCUT2D eigenvalue weighted by molar-refractivity contribution is 7.90. The summed E-state index contributed by atoms with van der Waals surface area (Å²) in [7, 11) is -3.05. The van der Waals surface area contributed by atoms with Gasteiger partial charge in [-0.1, -0.05) is 0 Å². The van der Waals surface area contributed by atoms with E-state index in [1.54, 1.807) is 4.31 Å². The zero-order valence-corrected chi connectivity index (χ0v) is 11.9. The van der Waals surface area contributed by atoms with Crippen molar-refractivity contribution in [3.63, 3.8) is 0 Å². The van der Waals surface area contributed by atoms with Crippen molar-refractivity contribution in [2.75, 3.05) is 26.2 Å². The fourth-order valence-corrected chi connectivity index (χ4v) is 4.97. The number of hydrogen-bond acceptors (Lipinski definition) is 4. The minimum absolute atomic E-state index is 0.0645. The lowest BCUT2D eigenvalue weighted by molar-refractivity contribution is -0.0582. The highest BCUT2D eigenvalue weighted by atomic mass is 32.2. The molecular weight excluding hydrogens is 252 g/mol. The van der Waals surface area contributed by atoms with Crippen molar-refractivity contribution in [2.45, 2.75) is 50.1 Å². The maximum absolute atomic E-state index is 12.3. The van der Waals surface area contributed by atoms with E-state index in [-0.39, 0.29) is 17.4 Å². The van der Waals surface area contributed by atoms with Crippen LogP contribution in [0.15, 0.2) is 0 Å². The lowest BCUT2D eigenvalue weighted by atomic mass is 10.1. The Kier molecular flexibility index (Phi) is 3.17. The van der Waals surface area contributed by atoms with E-state index in [1.807, 2.05) is 0 Å². The minimum atomic E-state index is -3.05. The van der Waals surface area contributed by atoms with Crippen LogP contribution in [0, 0.1) is 0 Å². The number of fused-ring (bicyclic) bond motifs is 1. The molecular formula is C12H22N2O3S. The summed E-state index contributed by atoms with van der Waals surface area (Å²) < 4.78 is 32.0. The zero-order valence-electron chi connectivity index (χ0n) is 11.1. The lowest BCUT2D eigenvalue weighted by Crippen LogP contribution is -2.53. The van der Waals surface area contributed by atoms with Crippen LogP contribution in [0.25, 0.3) is 0 Å². The van der Waals surface area contributed by atoms with Gasteiger partial charge < -0.3 is 4.74 Å². The first kappa shape index (κ1) is 12.8. The molecule has 2 aliphatic heterocycles. The van der Waals surface area contributed by atoms with Crippen molar-refractivity contribution in [3.8, 4) is 0 Å². The summed E-state index contributed by atoms with van der Waals surface area (Å²) in [6.45, 7) is 7.13. The number of rotatable bonds is 3. The summed E-state index contributed by atoms with van der Waals surface area (Å²) in [5.41, 5.74) is 0. The normalized spacial score (nSPS) is 35.1. The standard InChI is InChI=1S/C12H22N2O3S/c1-9(2)14-5-6-17-12-8-13(7-11(12)14)18(15,16)10-3-4-10/h9-12H,3-8H2,1-2H3/t11-,12+/m0/s1. The fraction of sp³-hybridized carbons (Fsp3) is 1.00. The van der Waals surface area contributed by atoms with E-state index in [0.29, 0.717) is 19.1 Å². The van der Waals surface area contributed by atoms with Crippen LogP contribution in [-0.2, 0) is 14.8 Å². The molecule has 0 amide bonds. The quantitative estimate of drug-likeness (QED) is 0.741. The number of sulfonamides is 1. The Labute approximate surface area is 109 Å². The highest BCUT2D eigenvalue weighted by Crippen LogP contribution is 2.35. The van der Waals surface area contributed by atoms with Gasteiger partial charge in [0, 0.05) is 25.7 Å². The summed E-state index contributed by atoms with van der Waals surface area (Å²) in [6, 6.07) is 0.692. The zero-order chi connectivity index (χ0) is 12.9. The topological polar surface area (TPSA) is 49.9 Å². The van der Waals surface area contributed by atoms with Gasteiger partial charge in [-0.3, -0.25) is 4.90 Å². The van der Waals surface area contributed by atoms with Crippen molar-refractivity contribution in [1.82, 2.24) is 9.21 Å². The lowest BCUT2D eigenvalue weighted by Gasteiger charge is -2.39. The van der Waals surface area contributed by atoms with Gasteiger partial charge in [0.2, 0.25) is 10.0 Å². The van der Waals surface area contributed by atoms with Gasteiger partial charge in [0.25, 0.3) is 0 Å². The molecule has 2 heterocycles. The number of ether oxygens (including phenoxy) is 1. The summed E-state index contributed by atoms with van der Waals surface area (Å²) >= 11 is 0. The molecule has 2 saturated heterocycles. The third kappa shape index (κ3) is 2.09. The first-order chi connectivity index (χ1) is 8.50. The van der Waals surface area contributed by atoms with Crippen LogP contribution in [-0.4, -0.2) is 67.3 Å². The molecule has 18 heavy (non-hydrogen) atoms. The van der Waals surface area contributed by atoms with Crippen LogP contribution in [0.4, 0.5) is 0 Å². The third-order valence-electron chi connectivity index (χ3n) is 4.28. The molecule has 5 nitrogen and oxygen atoms in total. The van der Waals surface area contributed by atoms with Gasteiger partial charge in [-0.05, 0) is 26.7 Å². The molecule has 2 atom stereocenters. The highest BCUT2D eigenvalue weighted by Gasteiger charge is 2.48. The second-order valence-corrected chi connectivity index (χ2v) is 8.08. The van der Waals surface area contributed by atoms with Crippen LogP contribution >= 0.6 is 0 Å². The molecule has 0 aromatic carbocycles. The molecule has 1 saturated carbocycles. The second-order valence-electron chi connectivity index (χ2n) is 5.87. The Morgan fingerprint density at radius 1 is 1.22 bits per heavy atom. The monoisotopic (exact) mass is 274 g/mol. The Hall–Kier alpha value is -0.170. The molecule has 6 heteroatoms. The third-order valence-corrected chi connectivity index (χ3v) is 6.61. The Morgan fingerprint density at radius 2 is 1.94 bits per heavy atom. The smallest absolute Gasteiger partial charge is 0.217 e. The SMILES string of the molecule is CC(C)N1CCO[C@@H]2CN(S(=O)(=O)C3CC3)C[C@@H]21. The first-order valence-electron chi connectivity index (χ1n) is 6.86. The van der Waals surface area contributed by atoms with E-state index < -0.39 is 10.0 Å². The minimum Gasteiger partial charge on any atom is -0.374 e. The van der Waals surface area contributed by atoms with Crippen molar-refractivity contribution in [1.29, 1.82) is 0 Å². The molecule has 0 unspecified atom stereocenters. The molecule has 3 fully saturated rings. The van der Waals surface area contributed by atoms with Crippen LogP contribution < -0.4 is 0 Å². The van der Waals surface area contributed by atoms with Crippen molar-refractivity contribution in [3.05, 3.63) is 0 Å². The molecule has 104 valence electrons. The van der Waals surface area contributed by atoms with Gasteiger partial charge in [-0.25, -0.2) is 8.42 Å². The summed E-state index contributed by atoms with van der Waals surface area (Å²) in [6.07, 6.45) is 1.74. The Bertz CT molecular complexity index is 419. The van der Waals surface area contributed by atoms with Crippen molar-refractivity contribution >= 4 is 10.0 Å². The van der Waals surface area contributed by atoms with Crippen LogP contribution in [0.5, 0.6) is 0 Å². The van der Waals surface area contributed by atoms with Gasteiger partial charge >= 0.3 is 0 Å². The summed E-state index contributed by atoms with van der Waals surface area (Å²) in [4.78, 5) is 2.39. The van der Waals surface area contributed by atoms with Gasteiger partial charge in [-0.2, -0.15) is 4.31 Å². The predicted molar refractivity (Wildman–Crippen MR) is 68.9 cm³/mol. The largest absolute Gasteiger partial charge is 0.374 e. The average Bonchev–Trinajstić information content (AvgIpc) is 3.07. The fourth-order valence-electron chi connectivity index (χ4n) is 3.11.